The van der Waals surface area contributed by atoms with Gasteiger partial charge in [-0.25, -0.2) is 4.68 Å². The number of aryl methyl sites for hydroxylation is 2. The van der Waals surface area contributed by atoms with Crippen LogP contribution in [0.4, 0.5) is 0 Å². The highest BCUT2D eigenvalue weighted by Gasteiger charge is 2.13. The van der Waals surface area contributed by atoms with Gasteiger partial charge >= 0.3 is 0 Å². The van der Waals surface area contributed by atoms with E-state index < -0.39 is 0 Å². The van der Waals surface area contributed by atoms with Crippen molar-refractivity contribution in [1.82, 2.24) is 9.78 Å². The Morgan fingerprint density at radius 1 is 1.64 bits per heavy atom. The van der Waals surface area contributed by atoms with Crippen LogP contribution in [0, 0.1) is 18.3 Å². The average Bonchev–Trinajstić information content (AvgIpc) is 2.42. The normalized spacial score (nSPS) is 10.4. The van der Waals surface area contributed by atoms with Crippen LogP contribution < -0.4 is 4.74 Å². The fourth-order valence-electron chi connectivity index (χ4n) is 1.15. The number of hydrogen-bond acceptors (Lipinski definition) is 3. The predicted octanol–water partition coefficient (Wildman–Crippen LogP) is 1.56. The van der Waals surface area contributed by atoms with Crippen molar-refractivity contribution >= 4 is 0 Å². The van der Waals surface area contributed by atoms with Crippen molar-refractivity contribution in [3.05, 3.63) is 23.4 Å². The summed E-state index contributed by atoms with van der Waals surface area (Å²) < 4.78 is 6.99. The lowest BCUT2D eigenvalue weighted by atomic mass is 10.3. The lowest BCUT2D eigenvalue weighted by Crippen LogP contribution is -2.01. The molecule has 4 heteroatoms. The molecule has 0 spiro atoms. The molecule has 0 atom stereocenters. The van der Waals surface area contributed by atoms with Crippen molar-refractivity contribution in [1.29, 1.82) is 5.26 Å². The predicted molar refractivity (Wildman–Crippen MR) is 53.0 cm³/mol. The Morgan fingerprint density at radius 3 is 2.93 bits per heavy atom. The number of rotatable bonds is 3. The Labute approximate surface area is 83.4 Å². The van der Waals surface area contributed by atoms with Crippen LogP contribution in [0.1, 0.15) is 18.2 Å². The number of nitriles is 1. The smallest absolute Gasteiger partial charge is 0.230 e. The minimum Gasteiger partial charge on any atom is -0.473 e. The zero-order valence-electron chi connectivity index (χ0n) is 8.61. The van der Waals surface area contributed by atoms with E-state index in [0.29, 0.717) is 23.7 Å². The van der Waals surface area contributed by atoms with Crippen molar-refractivity contribution in [2.45, 2.75) is 13.8 Å². The zero-order chi connectivity index (χ0) is 10.6. The number of hydrogen-bond donors (Lipinski definition) is 0. The largest absolute Gasteiger partial charge is 0.473 e. The molecule has 0 aliphatic rings. The molecule has 4 nitrogen and oxygen atoms in total. The van der Waals surface area contributed by atoms with Gasteiger partial charge in [0.2, 0.25) is 5.88 Å². The third-order valence-corrected chi connectivity index (χ3v) is 1.83. The molecule has 0 unspecified atom stereocenters. The molecule has 1 aromatic heterocycles. The van der Waals surface area contributed by atoms with Crippen LogP contribution in [-0.2, 0) is 7.05 Å². The Hall–Kier alpha value is -1.76. The molecule has 0 aromatic carbocycles. The number of ether oxygens (including phenoxy) is 1. The van der Waals surface area contributed by atoms with Gasteiger partial charge in [-0.1, -0.05) is 12.2 Å². The first-order valence-electron chi connectivity index (χ1n) is 4.38. The fourth-order valence-corrected chi connectivity index (χ4v) is 1.15. The fraction of sp³-hybridized carbons (Fsp3) is 0.400. The highest BCUT2D eigenvalue weighted by Crippen LogP contribution is 2.19. The molecule has 74 valence electrons. The van der Waals surface area contributed by atoms with Gasteiger partial charge in [0.1, 0.15) is 18.2 Å². The lowest BCUT2D eigenvalue weighted by molar-refractivity contribution is 0.328. The standard InChI is InChI=1S/C10H13N3O/c1-4-5-6-14-10-9(7-11)8(2)12-13(10)3/h4-5H,6H2,1-3H3. The molecule has 0 saturated heterocycles. The second-order valence-corrected chi connectivity index (χ2v) is 2.88. The Balaban J connectivity index is 2.90. The van der Waals surface area contributed by atoms with Gasteiger partial charge in [-0.3, -0.25) is 0 Å². The molecule has 0 amide bonds. The number of allylic oxidation sites excluding steroid dienone is 1. The van der Waals surface area contributed by atoms with Gasteiger partial charge in [-0.05, 0) is 13.8 Å². The summed E-state index contributed by atoms with van der Waals surface area (Å²) in [6.45, 7) is 4.17. The van der Waals surface area contributed by atoms with E-state index in [1.54, 1.807) is 18.7 Å². The van der Waals surface area contributed by atoms with Crippen molar-refractivity contribution in [3.8, 4) is 11.9 Å². The SMILES string of the molecule is CC=CCOc1c(C#N)c(C)nn1C. The maximum absolute atomic E-state index is 8.87. The molecular weight excluding hydrogens is 178 g/mol. The summed E-state index contributed by atoms with van der Waals surface area (Å²) in [4.78, 5) is 0. The third-order valence-electron chi connectivity index (χ3n) is 1.83. The first-order chi connectivity index (χ1) is 6.70. The van der Waals surface area contributed by atoms with E-state index in [9.17, 15) is 0 Å². The number of nitrogens with zero attached hydrogens (tertiary/aromatic N) is 3. The average molecular weight is 191 g/mol. The van der Waals surface area contributed by atoms with Gasteiger partial charge in [0.25, 0.3) is 0 Å². The van der Waals surface area contributed by atoms with Crippen LogP contribution in [0.25, 0.3) is 0 Å². The minimum atomic E-state index is 0.462. The van der Waals surface area contributed by atoms with Crippen molar-refractivity contribution < 1.29 is 4.74 Å². The highest BCUT2D eigenvalue weighted by molar-refractivity contribution is 5.41. The van der Waals surface area contributed by atoms with Gasteiger partial charge in [0, 0.05) is 7.05 Å². The van der Waals surface area contributed by atoms with Gasteiger partial charge < -0.3 is 4.74 Å². The minimum absolute atomic E-state index is 0.462. The van der Waals surface area contributed by atoms with Crippen LogP contribution in [0.5, 0.6) is 5.88 Å². The number of aromatic nitrogens is 2. The summed E-state index contributed by atoms with van der Waals surface area (Å²) in [6.07, 6.45) is 3.78. The molecule has 0 saturated carbocycles. The van der Waals surface area contributed by atoms with Crippen molar-refractivity contribution in [2.24, 2.45) is 7.05 Å². The van der Waals surface area contributed by atoms with Crippen LogP contribution in [0.15, 0.2) is 12.2 Å². The maximum Gasteiger partial charge on any atom is 0.230 e. The molecular formula is C10H13N3O. The van der Waals surface area contributed by atoms with Gasteiger partial charge in [0.05, 0.1) is 5.69 Å². The second kappa shape index (κ2) is 4.47. The molecule has 0 aliphatic heterocycles. The molecule has 0 N–H and O–H groups in total. The first-order valence-corrected chi connectivity index (χ1v) is 4.38. The molecule has 0 aliphatic carbocycles. The van der Waals surface area contributed by atoms with Gasteiger partial charge in [0.15, 0.2) is 0 Å². The maximum atomic E-state index is 8.87. The summed E-state index contributed by atoms with van der Waals surface area (Å²) in [5.74, 6) is 0.531. The van der Waals surface area contributed by atoms with Crippen LogP contribution >= 0.6 is 0 Å². The highest BCUT2D eigenvalue weighted by atomic mass is 16.5. The van der Waals surface area contributed by atoms with Gasteiger partial charge in [-0.15, -0.1) is 0 Å². The Kier molecular flexibility index (Phi) is 3.29. The van der Waals surface area contributed by atoms with E-state index in [4.69, 9.17) is 10.00 Å². The molecule has 1 rings (SSSR count). The molecule has 0 bridgehead atoms. The van der Waals surface area contributed by atoms with E-state index in [0.717, 1.165) is 0 Å². The van der Waals surface area contributed by atoms with E-state index in [2.05, 4.69) is 11.2 Å². The van der Waals surface area contributed by atoms with E-state index in [1.807, 2.05) is 19.1 Å². The van der Waals surface area contributed by atoms with Crippen LogP contribution in [-0.4, -0.2) is 16.4 Å². The summed E-state index contributed by atoms with van der Waals surface area (Å²) in [7, 11) is 1.76. The Morgan fingerprint density at radius 2 is 2.36 bits per heavy atom. The topological polar surface area (TPSA) is 50.8 Å². The van der Waals surface area contributed by atoms with E-state index in [1.165, 1.54) is 0 Å². The monoisotopic (exact) mass is 191 g/mol. The summed E-state index contributed by atoms with van der Waals surface area (Å²) >= 11 is 0. The van der Waals surface area contributed by atoms with Crippen molar-refractivity contribution in [2.75, 3.05) is 6.61 Å². The quantitative estimate of drug-likeness (QED) is 0.681. The van der Waals surface area contributed by atoms with Crippen LogP contribution in [0.2, 0.25) is 0 Å². The van der Waals surface area contributed by atoms with Crippen LogP contribution in [0.3, 0.4) is 0 Å². The molecule has 0 radical (unpaired) electrons. The molecule has 14 heavy (non-hydrogen) atoms. The van der Waals surface area contributed by atoms with Crippen molar-refractivity contribution in [3.63, 3.8) is 0 Å². The molecule has 1 aromatic rings. The molecule has 0 fully saturated rings. The summed E-state index contributed by atoms with van der Waals surface area (Å²) in [6, 6.07) is 2.08. The first kappa shape index (κ1) is 10.3. The van der Waals surface area contributed by atoms with E-state index >= 15 is 0 Å². The Bertz CT molecular complexity index is 385. The summed E-state index contributed by atoms with van der Waals surface area (Å²) in [5.41, 5.74) is 1.21. The molecule has 1 heterocycles. The van der Waals surface area contributed by atoms with Gasteiger partial charge in [-0.2, -0.15) is 10.4 Å². The summed E-state index contributed by atoms with van der Waals surface area (Å²) in [5, 5.41) is 13.0. The lowest BCUT2D eigenvalue weighted by Gasteiger charge is -2.02. The third kappa shape index (κ3) is 1.94. The zero-order valence-corrected chi connectivity index (χ0v) is 8.61. The second-order valence-electron chi connectivity index (χ2n) is 2.88. The van der Waals surface area contributed by atoms with E-state index in [-0.39, 0.29) is 0 Å².